The molecule has 1 aliphatic rings. The van der Waals surface area contributed by atoms with Gasteiger partial charge in [-0.25, -0.2) is 0 Å². The van der Waals surface area contributed by atoms with Crippen molar-refractivity contribution in [3.8, 4) is 0 Å². The van der Waals surface area contributed by atoms with E-state index in [0.717, 1.165) is 6.54 Å². The standard InChI is InChI=1S/C7H13N/c1-8-6-5-7-3-2-4-7/h3,8H,2,4-6H2,1H3. The predicted molar refractivity (Wildman–Crippen MR) is 35.9 cm³/mol. The van der Waals surface area contributed by atoms with Crippen molar-refractivity contribution >= 4 is 0 Å². The highest BCUT2D eigenvalue weighted by Gasteiger charge is 2.02. The number of hydrogen-bond donors (Lipinski definition) is 1. The van der Waals surface area contributed by atoms with Crippen LogP contribution in [0.15, 0.2) is 11.6 Å². The minimum atomic E-state index is 1.14. The van der Waals surface area contributed by atoms with Gasteiger partial charge in [0.2, 0.25) is 0 Å². The second-order valence-electron chi connectivity index (χ2n) is 2.25. The normalized spacial score (nSPS) is 17.4. The van der Waals surface area contributed by atoms with E-state index < -0.39 is 0 Å². The van der Waals surface area contributed by atoms with Crippen LogP contribution in [0.25, 0.3) is 0 Å². The van der Waals surface area contributed by atoms with Crippen LogP contribution >= 0.6 is 0 Å². The number of nitrogens with one attached hydrogen (secondary N) is 1. The highest BCUT2D eigenvalue weighted by Crippen LogP contribution is 2.19. The molecule has 0 atom stereocenters. The van der Waals surface area contributed by atoms with Crippen LogP contribution in [0.5, 0.6) is 0 Å². The molecule has 1 N–H and O–H groups in total. The van der Waals surface area contributed by atoms with Crippen LogP contribution in [0.2, 0.25) is 0 Å². The molecule has 0 aromatic heterocycles. The van der Waals surface area contributed by atoms with Gasteiger partial charge in [-0.2, -0.15) is 0 Å². The van der Waals surface area contributed by atoms with Gasteiger partial charge in [0.1, 0.15) is 0 Å². The molecule has 0 aromatic carbocycles. The largest absolute Gasteiger partial charge is 0.319 e. The third-order valence-corrected chi connectivity index (χ3v) is 1.59. The van der Waals surface area contributed by atoms with Gasteiger partial charge in [0.15, 0.2) is 0 Å². The Morgan fingerprint density at radius 3 is 2.88 bits per heavy atom. The van der Waals surface area contributed by atoms with Crippen molar-refractivity contribution in [1.29, 1.82) is 0 Å². The van der Waals surface area contributed by atoms with Gasteiger partial charge in [0, 0.05) is 0 Å². The molecule has 8 heavy (non-hydrogen) atoms. The number of rotatable bonds is 3. The Balaban J connectivity index is 2.02. The highest BCUT2D eigenvalue weighted by atomic mass is 14.8. The SMILES string of the molecule is CNCCC1=CCC1. The summed E-state index contributed by atoms with van der Waals surface area (Å²) < 4.78 is 0. The smallest absolute Gasteiger partial charge is 0.00146 e. The first kappa shape index (κ1) is 5.83. The number of hydrogen-bond acceptors (Lipinski definition) is 1. The maximum Gasteiger partial charge on any atom is -0.00146 e. The lowest BCUT2D eigenvalue weighted by Gasteiger charge is -2.12. The Hall–Kier alpha value is -0.300. The Kier molecular flexibility index (Phi) is 2.10. The third kappa shape index (κ3) is 1.34. The quantitative estimate of drug-likeness (QED) is 0.541. The lowest BCUT2D eigenvalue weighted by Crippen LogP contribution is -2.10. The summed E-state index contributed by atoms with van der Waals surface area (Å²) in [6.45, 7) is 1.14. The molecular weight excluding hydrogens is 98.1 g/mol. The Morgan fingerprint density at radius 1 is 1.75 bits per heavy atom. The second-order valence-corrected chi connectivity index (χ2v) is 2.25. The molecule has 0 aliphatic heterocycles. The monoisotopic (exact) mass is 111 g/mol. The molecule has 0 heterocycles. The van der Waals surface area contributed by atoms with Crippen molar-refractivity contribution in [1.82, 2.24) is 5.32 Å². The Labute approximate surface area is 50.8 Å². The molecule has 0 aromatic rings. The maximum atomic E-state index is 3.13. The van der Waals surface area contributed by atoms with Gasteiger partial charge in [-0.15, -0.1) is 0 Å². The van der Waals surface area contributed by atoms with Crippen molar-refractivity contribution in [2.45, 2.75) is 19.3 Å². The van der Waals surface area contributed by atoms with E-state index in [1.54, 1.807) is 5.57 Å². The summed E-state index contributed by atoms with van der Waals surface area (Å²) >= 11 is 0. The van der Waals surface area contributed by atoms with Crippen LogP contribution in [0.1, 0.15) is 19.3 Å². The van der Waals surface area contributed by atoms with E-state index >= 15 is 0 Å². The van der Waals surface area contributed by atoms with Crippen LogP contribution in [-0.2, 0) is 0 Å². The molecule has 0 bridgehead atoms. The molecule has 0 amide bonds. The maximum absolute atomic E-state index is 3.13. The molecule has 0 unspecified atom stereocenters. The average Bonchev–Trinajstić information content (AvgIpc) is 1.63. The van der Waals surface area contributed by atoms with Crippen molar-refractivity contribution in [2.24, 2.45) is 0 Å². The molecule has 0 saturated heterocycles. The van der Waals surface area contributed by atoms with Crippen LogP contribution in [-0.4, -0.2) is 13.6 Å². The highest BCUT2D eigenvalue weighted by molar-refractivity contribution is 5.11. The van der Waals surface area contributed by atoms with Gasteiger partial charge in [0.25, 0.3) is 0 Å². The first-order chi connectivity index (χ1) is 3.93. The lowest BCUT2D eigenvalue weighted by molar-refractivity contribution is 0.721. The molecule has 1 rings (SSSR count). The van der Waals surface area contributed by atoms with Gasteiger partial charge in [-0.3, -0.25) is 0 Å². The van der Waals surface area contributed by atoms with Gasteiger partial charge >= 0.3 is 0 Å². The summed E-state index contributed by atoms with van der Waals surface area (Å²) in [4.78, 5) is 0. The molecule has 1 aliphatic carbocycles. The average molecular weight is 111 g/mol. The summed E-state index contributed by atoms with van der Waals surface area (Å²) in [6, 6.07) is 0. The Morgan fingerprint density at radius 2 is 2.50 bits per heavy atom. The van der Waals surface area contributed by atoms with E-state index in [9.17, 15) is 0 Å². The lowest BCUT2D eigenvalue weighted by atomic mass is 9.96. The first-order valence-electron chi connectivity index (χ1n) is 3.26. The fourth-order valence-electron chi connectivity index (χ4n) is 0.861. The van der Waals surface area contributed by atoms with E-state index in [2.05, 4.69) is 11.4 Å². The summed E-state index contributed by atoms with van der Waals surface area (Å²) in [5.41, 5.74) is 1.64. The van der Waals surface area contributed by atoms with E-state index in [1.807, 2.05) is 7.05 Å². The third-order valence-electron chi connectivity index (χ3n) is 1.59. The van der Waals surface area contributed by atoms with E-state index in [1.165, 1.54) is 19.3 Å². The van der Waals surface area contributed by atoms with Gasteiger partial charge in [-0.1, -0.05) is 11.6 Å². The fraction of sp³-hybridized carbons (Fsp3) is 0.714. The van der Waals surface area contributed by atoms with Crippen LogP contribution < -0.4 is 5.32 Å². The molecule has 46 valence electrons. The van der Waals surface area contributed by atoms with Crippen molar-refractivity contribution < 1.29 is 0 Å². The molecule has 1 heteroatoms. The zero-order chi connectivity index (χ0) is 5.82. The number of allylic oxidation sites excluding steroid dienone is 1. The van der Waals surface area contributed by atoms with Crippen molar-refractivity contribution in [3.05, 3.63) is 11.6 Å². The molecule has 0 fully saturated rings. The van der Waals surface area contributed by atoms with Gasteiger partial charge < -0.3 is 5.32 Å². The van der Waals surface area contributed by atoms with E-state index in [4.69, 9.17) is 0 Å². The molecule has 1 nitrogen and oxygen atoms in total. The van der Waals surface area contributed by atoms with Crippen LogP contribution in [0.3, 0.4) is 0 Å². The topological polar surface area (TPSA) is 12.0 Å². The second kappa shape index (κ2) is 2.88. The summed E-state index contributed by atoms with van der Waals surface area (Å²) in [7, 11) is 2.00. The van der Waals surface area contributed by atoms with Crippen LogP contribution in [0, 0.1) is 0 Å². The molecule has 0 radical (unpaired) electrons. The molecule has 0 spiro atoms. The fourth-order valence-corrected chi connectivity index (χ4v) is 0.861. The minimum Gasteiger partial charge on any atom is -0.319 e. The van der Waals surface area contributed by atoms with Crippen molar-refractivity contribution in [3.63, 3.8) is 0 Å². The summed E-state index contributed by atoms with van der Waals surface area (Å²) in [5, 5.41) is 3.13. The molecular formula is C7H13N. The van der Waals surface area contributed by atoms with Crippen molar-refractivity contribution in [2.75, 3.05) is 13.6 Å². The summed E-state index contributed by atoms with van der Waals surface area (Å²) in [5.74, 6) is 0. The van der Waals surface area contributed by atoms with E-state index in [0.29, 0.717) is 0 Å². The van der Waals surface area contributed by atoms with Crippen LogP contribution in [0.4, 0.5) is 0 Å². The summed E-state index contributed by atoms with van der Waals surface area (Å²) in [6.07, 6.45) is 6.26. The van der Waals surface area contributed by atoms with Gasteiger partial charge in [-0.05, 0) is 32.9 Å². The van der Waals surface area contributed by atoms with E-state index in [-0.39, 0.29) is 0 Å². The minimum absolute atomic E-state index is 1.14. The first-order valence-corrected chi connectivity index (χ1v) is 3.26. The Bertz CT molecular complexity index is 94.6. The molecule has 0 saturated carbocycles. The van der Waals surface area contributed by atoms with Gasteiger partial charge in [0.05, 0.1) is 0 Å². The predicted octanol–water partition coefficient (Wildman–Crippen LogP) is 1.32. The zero-order valence-electron chi connectivity index (χ0n) is 5.41. The zero-order valence-corrected chi connectivity index (χ0v) is 5.41.